The fourth-order valence-electron chi connectivity index (χ4n) is 2.11. The van der Waals surface area contributed by atoms with Crippen LogP contribution in [0.5, 0.6) is 11.5 Å². The molecule has 0 bridgehead atoms. The van der Waals surface area contributed by atoms with Gasteiger partial charge in [-0.15, -0.1) is 0 Å². The molecule has 1 aromatic carbocycles. The molecule has 1 aromatic rings. The zero-order valence-corrected chi connectivity index (χ0v) is 11.4. The molecule has 5 heteroatoms. The number of methoxy groups -OCH3 is 1. The number of ketones is 1. The van der Waals surface area contributed by atoms with Gasteiger partial charge in [-0.25, -0.2) is 0 Å². The second-order valence-electron chi connectivity index (χ2n) is 4.79. The highest BCUT2D eigenvalue weighted by Crippen LogP contribution is 2.30. The van der Waals surface area contributed by atoms with Crippen molar-refractivity contribution in [1.29, 1.82) is 0 Å². The molecule has 0 aliphatic carbocycles. The molecule has 0 saturated carbocycles. The summed E-state index contributed by atoms with van der Waals surface area (Å²) in [5.41, 5.74) is 6.00. The summed E-state index contributed by atoms with van der Waals surface area (Å²) in [6, 6.07) is 5.27. The van der Waals surface area contributed by atoms with Crippen molar-refractivity contribution in [2.24, 2.45) is 5.73 Å². The predicted molar refractivity (Wildman–Crippen MR) is 72.9 cm³/mol. The van der Waals surface area contributed by atoms with Crippen LogP contribution in [0.25, 0.3) is 0 Å². The number of nitrogens with zero attached hydrogens (tertiary/aromatic N) is 1. The average Bonchev–Trinajstić information content (AvgIpc) is 2.37. The number of carbonyl (C=O) groups is 1. The first-order valence-electron chi connectivity index (χ1n) is 6.40. The molecule has 1 aliphatic heterocycles. The van der Waals surface area contributed by atoms with Crippen molar-refractivity contribution in [3.8, 4) is 11.5 Å². The third kappa shape index (κ3) is 3.24. The van der Waals surface area contributed by atoms with Crippen molar-refractivity contribution in [2.75, 3.05) is 33.8 Å². The van der Waals surface area contributed by atoms with Crippen LogP contribution in [0.3, 0.4) is 0 Å². The fraction of sp³-hybridized carbons (Fsp3) is 0.500. The van der Waals surface area contributed by atoms with Crippen LogP contribution in [0, 0.1) is 0 Å². The second-order valence-corrected chi connectivity index (χ2v) is 4.79. The lowest BCUT2D eigenvalue weighted by Gasteiger charge is -2.36. The fourth-order valence-corrected chi connectivity index (χ4v) is 2.11. The molecule has 0 amide bonds. The Hall–Kier alpha value is -1.59. The van der Waals surface area contributed by atoms with Crippen molar-refractivity contribution >= 4 is 5.78 Å². The van der Waals surface area contributed by atoms with Gasteiger partial charge in [-0.2, -0.15) is 0 Å². The number of ether oxygens (including phenoxy) is 2. The van der Waals surface area contributed by atoms with E-state index in [1.54, 1.807) is 25.3 Å². The molecule has 1 aliphatic rings. The smallest absolute Gasteiger partial charge is 0.164 e. The maximum atomic E-state index is 11.8. The van der Waals surface area contributed by atoms with E-state index in [4.69, 9.17) is 15.2 Å². The van der Waals surface area contributed by atoms with Gasteiger partial charge in [-0.3, -0.25) is 9.69 Å². The Bertz CT molecular complexity index is 456. The minimum atomic E-state index is 0.0238. The minimum absolute atomic E-state index is 0.0238. The lowest BCUT2D eigenvalue weighted by atomic mass is 10.1. The van der Waals surface area contributed by atoms with Crippen molar-refractivity contribution in [3.05, 3.63) is 23.8 Å². The summed E-state index contributed by atoms with van der Waals surface area (Å²) in [6.07, 6.45) is 0.543. The summed E-state index contributed by atoms with van der Waals surface area (Å²) in [5, 5.41) is 0. The van der Waals surface area contributed by atoms with Crippen LogP contribution in [0.15, 0.2) is 18.2 Å². The number of carbonyl (C=O) groups excluding carboxylic acids is 1. The number of likely N-dealkylation sites (N-methyl/N-ethyl adjacent to an activating group) is 1. The Labute approximate surface area is 113 Å². The molecule has 0 unspecified atom stereocenters. The van der Waals surface area contributed by atoms with E-state index in [2.05, 4.69) is 4.90 Å². The highest BCUT2D eigenvalue weighted by molar-refractivity contribution is 5.96. The van der Waals surface area contributed by atoms with Crippen LogP contribution < -0.4 is 15.2 Å². The van der Waals surface area contributed by atoms with Gasteiger partial charge in [-0.1, -0.05) is 0 Å². The molecule has 5 nitrogen and oxygen atoms in total. The van der Waals surface area contributed by atoms with Gasteiger partial charge < -0.3 is 15.2 Å². The van der Waals surface area contributed by atoms with E-state index in [9.17, 15) is 4.79 Å². The zero-order valence-electron chi connectivity index (χ0n) is 11.4. The van der Waals surface area contributed by atoms with E-state index in [0.717, 1.165) is 13.1 Å². The maximum Gasteiger partial charge on any atom is 0.164 e. The Morgan fingerprint density at radius 1 is 1.42 bits per heavy atom. The topological polar surface area (TPSA) is 64.8 Å². The molecule has 104 valence electrons. The zero-order chi connectivity index (χ0) is 13.8. The number of hydrogen-bond donors (Lipinski definition) is 1. The molecule has 0 spiro atoms. The van der Waals surface area contributed by atoms with Crippen molar-refractivity contribution in [2.45, 2.75) is 12.5 Å². The van der Waals surface area contributed by atoms with Crippen molar-refractivity contribution in [1.82, 2.24) is 4.90 Å². The van der Waals surface area contributed by atoms with Crippen molar-refractivity contribution < 1.29 is 14.3 Å². The molecule has 1 heterocycles. The van der Waals surface area contributed by atoms with Gasteiger partial charge in [0, 0.05) is 25.1 Å². The van der Waals surface area contributed by atoms with Gasteiger partial charge in [-0.05, 0) is 31.8 Å². The van der Waals surface area contributed by atoms with Crippen LogP contribution in [0.1, 0.15) is 16.8 Å². The van der Waals surface area contributed by atoms with E-state index in [0.29, 0.717) is 30.0 Å². The van der Waals surface area contributed by atoms with Crippen LogP contribution in [0.2, 0.25) is 0 Å². The Morgan fingerprint density at radius 3 is 2.74 bits per heavy atom. The van der Waals surface area contributed by atoms with Gasteiger partial charge >= 0.3 is 0 Å². The summed E-state index contributed by atoms with van der Waals surface area (Å²) in [7, 11) is 3.62. The Morgan fingerprint density at radius 2 is 2.16 bits per heavy atom. The van der Waals surface area contributed by atoms with Crippen LogP contribution in [0.4, 0.5) is 0 Å². The molecule has 0 aromatic heterocycles. The molecule has 19 heavy (non-hydrogen) atoms. The first-order valence-corrected chi connectivity index (χ1v) is 6.40. The maximum absolute atomic E-state index is 11.8. The molecule has 2 N–H and O–H groups in total. The minimum Gasteiger partial charge on any atom is -0.493 e. The number of rotatable bonds is 6. The SMILES string of the molecule is COc1cc(C(=O)CCN)ccc1OC1CN(C)C1. The lowest BCUT2D eigenvalue weighted by molar-refractivity contribution is 0.0369. The average molecular weight is 264 g/mol. The molecular weight excluding hydrogens is 244 g/mol. The highest BCUT2D eigenvalue weighted by atomic mass is 16.5. The van der Waals surface area contributed by atoms with Gasteiger partial charge in [0.15, 0.2) is 17.3 Å². The standard InChI is InChI=1S/C14H20N2O3/c1-16-8-11(9-16)19-13-4-3-10(7-14(13)18-2)12(17)5-6-15/h3-4,7,11H,5-6,8-9,15H2,1-2H3. The second kappa shape index (κ2) is 6.04. The van der Waals surface area contributed by atoms with E-state index in [-0.39, 0.29) is 11.9 Å². The first kappa shape index (κ1) is 13.8. The predicted octanol–water partition coefficient (Wildman–Crippen LogP) is 0.919. The molecular formula is C14H20N2O3. The summed E-state index contributed by atoms with van der Waals surface area (Å²) in [6.45, 7) is 2.18. The largest absolute Gasteiger partial charge is 0.493 e. The number of likely N-dealkylation sites (tertiary alicyclic amines) is 1. The molecule has 0 atom stereocenters. The number of benzene rings is 1. The van der Waals surface area contributed by atoms with Gasteiger partial charge in [0.25, 0.3) is 0 Å². The molecule has 1 fully saturated rings. The number of nitrogens with two attached hydrogens (primary N) is 1. The number of hydrogen-bond acceptors (Lipinski definition) is 5. The molecule has 2 rings (SSSR count). The van der Waals surface area contributed by atoms with Gasteiger partial charge in [0.1, 0.15) is 6.10 Å². The normalized spacial score (nSPS) is 15.9. The van der Waals surface area contributed by atoms with Gasteiger partial charge in [0.2, 0.25) is 0 Å². The van der Waals surface area contributed by atoms with Crippen LogP contribution in [-0.2, 0) is 0 Å². The first-order chi connectivity index (χ1) is 9.13. The van der Waals surface area contributed by atoms with Gasteiger partial charge in [0.05, 0.1) is 7.11 Å². The Balaban J connectivity index is 2.09. The summed E-state index contributed by atoms with van der Waals surface area (Å²) in [4.78, 5) is 14.0. The summed E-state index contributed by atoms with van der Waals surface area (Å²) < 4.78 is 11.1. The monoisotopic (exact) mass is 264 g/mol. The molecule has 0 radical (unpaired) electrons. The Kier molecular flexibility index (Phi) is 4.39. The number of Topliss-reactive ketones (excluding diaryl/α,β-unsaturated/α-hetero) is 1. The molecule has 1 saturated heterocycles. The third-order valence-electron chi connectivity index (χ3n) is 3.18. The van der Waals surface area contributed by atoms with E-state index >= 15 is 0 Å². The van der Waals surface area contributed by atoms with Crippen LogP contribution in [-0.4, -0.2) is 50.6 Å². The van der Waals surface area contributed by atoms with E-state index < -0.39 is 0 Å². The lowest BCUT2D eigenvalue weighted by Crippen LogP contribution is -2.51. The third-order valence-corrected chi connectivity index (χ3v) is 3.18. The van der Waals surface area contributed by atoms with Crippen molar-refractivity contribution in [3.63, 3.8) is 0 Å². The van der Waals surface area contributed by atoms with Crippen LogP contribution >= 0.6 is 0 Å². The quantitative estimate of drug-likeness (QED) is 0.774. The van der Waals surface area contributed by atoms with E-state index in [1.807, 2.05) is 7.05 Å². The summed E-state index contributed by atoms with van der Waals surface area (Å²) in [5.74, 6) is 1.30. The van der Waals surface area contributed by atoms with E-state index in [1.165, 1.54) is 0 Å². The summed E-state index contributed by atoms with van der Waals surface area (Å²) >= 11 is 0. The highest BCUT2D eigenvalue weighted by Gasteiger charge is 2.26.